The van der Waals surface area contributed by atoms with Crippen molar-refractivity contribution in [2.24, 2.45) is 5.92 Å². The second-order valence-corrected chi connectivity index (χ2v) is 5.33. The molecular weight excluding hydrogens is 224 g/mol. The number of rotatable bonds is 3. The van der Waals surface area contributed by atoms with Crippen LogP contribution < -0.4 is 10.2 Å². The van der Waals surface area contributed by atoms with Crippen LogP contribution in [-0.2, 0) is 11.2 Å². The molecule has 2 heterocycles. The van der Waals surface area contributed by atoms with Crippen LogP contribution in [0.15, 0.2) is 24.3 Å². The van der Waals surface area contributed by atoms with Crippen molar-refractivity contribution in [1.29, 1.82) is 0 Å². The molecule has 0 unspecified atom stereocenters. The van der Waals surface area contributed by atoms with Crippen LogP contribution in [0.4, 0.5) is 5.69 Å². The summed E-state index contributed by atoms with van der Waals surface area (Å²) in [4.78, 5) is 14.0. The second-order valence-electron chi connectivity index (χ2n) is 5.33. The lowest BCUT2D eigenvalue weighted by Gasteiger charge is -2.25. The second kappa shape index (κ2) is 5.11. The summed E-state index contributed by atoms with van der Waals surface area (Å²) in [5, 5.41) is 3.39. The highest BCUT2D eigenvalue weighted by Gasteiger charge is 2.27. The number of piperidine rings is 1. The van der Waals surface area contributed by atoms with Crippen LogP contribution >= 0.6 is 0 Å². The van der Waals surface area contributed by atoms with E-state index < -0.39 is 0 Å². The first-order chi connectivity index (χ1) is 8.84. The Hall–Kier alpha value is -1.35. The Morgan fingerprint density at radius 2 is 2.00 bits per heavy atom. The van der Waals surface area contributed by atoms with Gasteiger partial charge in [-0.25, -0.2) is 0 Å². The zero-order chi connectivity index (χ0) is 12.4. The Morgan fingerprint density at radius 1 is 1.22 bits per heavy atom. The number of carbonyl (C=O) groups is 1. The molecule has 0 spiro atoms. The van der Waals surface area contributed by atoms with E-state index >= 15 is 0 Å². The number of hydrogen-bond donors (Lipinski definition) is 1. The van der Waals surface area contributed by atoms with Crippen LogP contribution in [0.2, 0.25) is 0 Å². The van der Waals surface area contributed by atoms with Gasteiger partial charge in [-0.2, -0.15) is 0 Å². The van der Waals surface area contributed by atoms with E-state index in [-0.39, 0.29) is 5.91 Å². The van der Waals surface area contributed by atoms with E-state index in [0.29, 0.717) is 6.42 Å². The molecule has 1 aromatic carbocycles. The van der Waals surface area contributed by atoms with Crippen molar-refractivity contribution >= 4 is 11.6 Å². The van der Waals surface area contributed by atoms with E-state index in [2.05, 4.69) is 17.4 Å². The minimum Gasteiger partial charge on any atom is -0.317 e. The summed E-state index contributed by atoms with van der Waals surface area (Å²) < 4.78 is 0. The fourth-order valence-electron chi connectivity index (χ4n) is 3.04. The quantitative estimate of drug-likeness (QED) is 0.881. The van der Waals surface area contributed by atoms with Crippen LogP contribution in [0, 0.1) is 5.92 Å². The van der Waals surface area contributed by atoms with Crippen LogP contribution in [0.1, 0.15) is 24.8 Å². The van der Waals surface area contributed by atoms with E-state index in [1.165, 1.54) is 18.4 Å². The third kappa shape index (κ3) is 2.27. The predicted molar refractivity (Wildman–Crippen MR) is 72.7 cm³/mol. The number of amides is 1. The summed E-state index contributed by atoms with van der Waals surface area (Å²) in [7, 11) is 0. The predicted octanol–water partition coefficient (Wildman–Crippen LogP) is 1.97. The third-order valence-corrected chi connectivity index (χ3v) is 4.14. The Morgan fingerprint density at radius 3 is 2.83 bits per heavy atom. The SMILES string of the molecule is O=C1Cc2ccccc2N1CCC1CCNCC1. The lowest BCUT2D eigenvalue weighted by molar-refractivity contribution is -0.117. The van der Waals surface area contributed by atoms with E-state index in [9.17, 15) is 4.79 Å². The maximum absolute atomic E-state index is 12.0. The Labute approximate surface area is 108 Å². The first kappa shape index (κ1) is 11.7. The topological polar surface area (TPSA) is 32.3 Å². The molecule has 3 nitrogen and oxygen atoms in total. The molecule has 1 saturated heterocycles. The molecular formula is C15H20N2O. The summed E-state index contributed by atoms with van der Waals surface area (Å²) in [5.74, 6) is 1.05. The molecule has 0 saturated carbocycles. The molecule has 3 heteroatoms. The normalized spacial score (nSPS) is 20.2. The summed E-state index contributed by atoms with van der Waals surface area (Å²) in [5.41, 5.74) is 2.32. The van der Waals surface area contributed by atoms with Gasteiger partial charge in [0.25, 0.3) is 0 Å². The van der Waals surface area contributed by atoms with E-state index in [1.807, 2.05) is 17.0 Å². The maximum Gasteiger partial charge on any atom is 0.231 e. The number of nitrogens with zero attached hydrogens (tertiary/aromatic N) is 1. The zero-order valence-electron chi connectivity index (χ0n) is 10.7. The first-order valence-electron chi connectivity index (χ1n) is 6.93. The Bertz CT molecular complexity index is 438. The largest absolute Gasteiger partial charge is 0.317 e. The molecule has 1 fully saturated rings. The highest BCUT2D eigenvalue weighted by atomic mass is 16.2. The summed E-state index contributed by atoms with van der Waals surface area (Å²) in [6.45, 7) is 3.16. The first-order valence-corrected chi connectivity index (χ1v) is 6.93. The van der Waals surface area contributed by atoms with Crippen molar-refractivity contribution in [3.8, 4) is 0 Å². The van der Waals surface area contributed by atoms with Gasteiger partial charge in [0.1, 0.15) is 0 Å². The highest BCUT2D eigenvalue weighted by molar-refractivity contribution is 6.01. The number of nitrogens with one attached hydrogen (secondary N) is 1. The van der Waals surface area contributed by atoms with Crippen molar-refractivity contribution in [2.75, 3.05) is 24.5 Å². The average Bonchev–Trinajstić information content (AvgIpc) is 2.73. The minimum atomic E-state index is 0.269. The molecule has 1 N–H and O–H groups in total. The van der Waals surface area contributed by atoms with Crippen LogP contribution in [-0.4, -0.2) is 25.5 Å². The lowest BCUT2D eigenvalue weighted by Crippen LogP contribution is -2.32. The summed E-state index contributed by atoms with van der Waals surface area (Å²) in [6.07, 6.45) is 4.23. The maximum atomic E-state index is 12.0. The molecule has 0 atom stereocenters. The minimum absolute atomic E-state index is 0.269. The molecule has 1 aromatic rings. The van der Waals surface area contributed by atoms with Gasteiger partial charge in [-0.1, -0.05) is 18.2 Å². The number of para-hydroxylation sites is 1. The van der Waals surface area contributed by atoms with E-state index in [1.54, 1.807) is 0 Å². The standard InChI is InChI=1S/C15H20N2O/c18-15-11-13-3-1-2-4-14(13)17(15)10-7-12-5-8-16-9-6-12/h1-4,12,16H,5-11H2. The average molecular weight is 244 g/mol. The van der Waals surface area contributed by atoms with Crippen molar-refractivity contribution in [3.05, 3.63) is 29.8 Å². The summed E-state index contributed by atoms with van der Waals surface area (Å²) in [6, 6.07) is 8.18. The fourth-order valence-corrected chi connectivity index (χ4v) is 3.04. The van der Waals surface area contributed by atoms with Gasteiger partial charge in [-0.15, -0.1) is 0 Å². The fraction of sp³-hybridized carbons (Fsp3) is 0.533. The highest BCUT2D eigenvalue weighted by Crippen LogP contribution is 2.29. The number of fused-ring (bicyclic) bond motifs is 1. The number of carbonyl (C=O) groups excluding carboxylic acids is 1. The van der Waals surface area contributed by atoms with Gasteiger partial charge < -0.3 is 10.2 Å². The van der Waals surface area contributed by atoms with Crippen molar-refractivity contribution in [2.45, 2.75) is 25.7 Å². The molecule has 1 amide bonds. The van der Waals surface area contributed by atoms with Gasteiger partial charge in [-0.05, 0) is 49.9 Å². The molecule has 0 aromatic heterocycles. The summed E-state index contributed by atoms with van der Waals surface area (Å²) >= 11 is 0. The molecule has 2 aliphatic heterocycles. The van der Waals surface area contributed by atoms with Crippen molar-refractivity contribution in [1.82, 2.24) is 5.32 Å². The van der Waals surface area contributed by atoms with Gasteiger partial charge >= 0.3 is 0 Å². The molecule has 0 radical (unpaired) electrons. The zero-order valence-corrected chi connectivity index (χ0v) is 10.7. The van der Waals surface area contributed by atoms with Gasteiger partial charge in [0.2, 0.25) is 5.91 Å². The van der Waals surface area contributed by atoms with Crippen molar-refractivity contribution < 1.29 is 4.79 Å². The van der Waals surface area contributed by atoms with Gasteiger partial charge in [0.05, 0.1) is 6.42 Å². The Kier molecular flexibility index (Phi) is 3.33. The third-order valence-electron chi connectivity index (χ3n) is 4.14. The van der Waals surface area contributed by atoms with Gasteiger partial charge in [-0.3, -0.25) is 4.79 Å². The van der Waals surface area contributed by atoms with Gasteiger partial charge in [0.15, 0.2) is 0 Å². The lowest BCUT2D eigenvalue weighted by atomic mass is 9.94. The number of benzene rings is 1. The molecule has 3 rings (SSSR count). The monoisotopic (exact) mass is 244 g/mol. The molecule has 18 heavy (non-hydrogen) atoms. The number of anilines is 1. The molecule has 0 bridgehead atoms. The van der Waals surface area contributed by atoms with Gasteiger partial charge in [0, 0.05) is 12.2 Å². The number of hydrogen-bond acceptors (Lipinski definition) is 2. The molecule has 0 aliphatic carbocycles. The molecule has 96 valence electrons. The van der Waals surface area contributed by atoms with Crippen molar-refractivity contribution in [3.63, 3.8) is 0 Å². The Balaban J connectivity index is 1.64. The molecule has 2 aliphatic rings. The van der Waals surface area contributed by atoms with E-state index in [0.717, 1.165) is 37.7 Å². The van der Waals surface area contributed by atoms with Crippen LogP contribution in [0.5, 0.6) is 0 Å². The van der Waals surface area contributed by atoms with Crippen LogP contribution in [0.3, 0.4) is 0 Å². The van der Waals surface area contributed by atoms with E-state index in [4.69, 9.17) is 0 Å². The smallest absolute Gasteiger partial charge is 0.231 e. The van der Waals surface area contributed by atoms with Crippen LogP contribution in [0.25, 0.3) is 0 Å².